The van der Waals surface area contributed by atoms with Gasteiger partial charge in [0, 0.05) is 29.8 Å². The van der Waals surface area contributed by atoms with Crippen LogP contribution in [0.4, 0.5) is 0 Å². The minimum atomic E-state index is -0.215. The molecule has 1 aromatic carbocycles. The second-order valence-electron chi connectivity index (χ2n) is 7.07. The number of likely N-dealkylation sites (tertiary alicyclic amines) is 1. The zero-order chi connectivity index (χ0) is 16.7. The molecule has 2 fully saturated rings. The van der Waals surface area contributed by atoms with E-state index in [1.807, 2.05) is 30.0 Å². The summed E-state index contributed by atoms with van der Waals surface area (Å²) in [7, 11) is 0. The number of carbonyl (C=O) groups is 1. The smallest absolute Gasteiger partial charge is 0.254 e. The van der Waals surface area contributed by atoms with E-state index in [1.54, 1.807) is 6.07 Å². The number of pyridine rings is 1. The third-order valence-electron chi connectivity index (χ3n) is 5.67. The Morgan fingerprint density at radius 3 is 2.71 bits per heavy atom. The van der Waals surface area contributed by atoms with Gasteiger partial charge < -0.3 is 9.88 Å². The maximum absolute atomic E-state index is 13.1. The molecule has 24 heavy (non-hydrogen) atoms. The highest BCUT2D eigenvalue weighted by Crippen LogP contribution is 2.54. The van der Waals surface area contributed by atoms with Gasteiger partial charge in [0.2, 0.25) is 5.56 Å². The predicted octanol–water partition coefficient (Wildman–Crippen LogP) is 3.22. The van der Waals surface area contributed by atoms with E-state index in [0.29, 0.717) is 11.5 Å². The van der Waals surface area contributed by atoms with Gasteiger partial charge in [-0.05, 0) is 31.4 Å². The summed E-state index contributed by atoms with van der Waals surface area (Å²) in [6.07, 6.45) is 4.57. The van der Waals surface area contributed by atoms with Crippen LogP contribution in [0.3, 0.4) is 0 Å². The lowest BCUT2D eigenvalue weighted by Crippen LogP contribution is -2.67. The number of aromatic amines is 1. The van der Waals surface area contributed by atoms with Crippen molar-refractivity contribution in [1.29, 1.82) is 0 Å². The van der Waals surface area contributed by atoms with Gasteiger partial charge in [-0.1, -0.05) is 43.2 Å². The normalized spacial score (nSPS) is 25.7. The van der Waals surface area contributed by atoms with Gasteiger partial charge in [-0.25, -0.2) is 0 Å². The highest BCUT2D eigenvalue weighted by atomic mass is 16.2. The van der Waals surface area contributed by atoms with Crippen LogP contribution in [0.1, 0.15) is 47.3 Å². The fourth-order valence-corrected chi connectivity index (χ4v) is 4.59. The lowest BCUT2D eigenvalue weighted by molar-refractivity contribution is -0.0869. The first-order valence-electron chi connectivity index (χ1n) is 8.70. The van der Waals surface area contributed by atoms with Gasteiger partial charge in [0.05, 0.1) is 5.54 Å². The van der Waals surface area contributed by atoms with Crippen LogP contribution in [0, 0.1) is 12.8 Å². The molecule has 1 aromatic heterocycles. The summed E-state index contributed by atoms with van der Waals surface area (Å²) in [5, 5.41) is 0. The Balaban J connectivity index is 1.75. The van der Waals surface area contributed by atoms with Crippen LogP contribution in [0.25, 0.3) is 0 Å². The van der Waals surface area contributed by atoms with Crippen LogP contribution in [0.5, 0.6) is 0 Å². The van der Waals surface area contributed by atoms with Crippen molar-refractivity contribution in [3.05, 3.63) is 69.6 Å². The number of benzene rings is 1. The maximum atomic E-state index is 13.1. The molecular weight excluding hydrogens is 300 g/mol. The fourth-order valence-electron chi connectivity index (χ4n) is 4.59. The summed E-state index contributed by atoms with van der Waals surface area (Å²) < 4.78 is 0. The van der Waals surface area contributed by atoms with Crippen molar-refractivity contribution >= 4 is 5.91 Å². The monoisotopic (exact) mass is 322 g/mol. The maximum Gasteiger partial charge on any atom is 0.254 e. The first-order valence-corrected chi connectivity index (χ1v) is 8.70. The number of nitrogens with zero attached hydrogens (tertiary/aromatic N) is 1. The van der Waals surface area contributed by atoms with E-state index in [-0.39, 0.29) is 17.0 Å². The zero-order valence-electron chi connectivity index (χ0n) is 13.9. The lowest BCUT2D eigenvalue weighted by Gasteiger charge is -2.61. The van der Waals surface area contributed by atoms with Crippen molar-refractivity contribution in [2.75, 3.05) is 6.54 Å². The van der Waals surface area contributed by atoms with Crippen LogP contribution < -0.4 is 5.56 Å². The number of hydrogen-bond acceptors (Lipinski definition) is 2. The third kappa shape index (κ3) is 2.20. The summed E-state index contributed by atoms with van der Waals surface area (Å²) in [4.78, 5) is 29.6. The number of hydrogen-bond donors (Lipinski definition) is 1. The van der Waals surface area contributed by atoms with Crippen LogP contribution in [-0.2, 0) is 5.54 Å². The van der Waals surface area contributed by atoms with E-state index >= 15 is 0 Å². The Morgan fingerprint density at radius 2 is 2.00 bits per heavy atom. The number of aryl methyl sites for hydroxylation is 1. The number of nitrogens with one attached hydrogen (secondary N) is 1. The molecule has 2 unspecified atom stereocenters. The Hall–Kier alpha value is -2.36. The zero-order valence-corrected chi connectivity index (χ0v) is 13.9. The Morgan fingerprint density at radius 1 is 1.21 bits per heavy atom. The Kier molecular flexibility index (Phi) is 3.56. The average molecular weight is 322 g/mol. The highest BCUT2D eigenvalue weighted by Gasteiger charge is 2.56. The molecule has 124 valence electrons. The van der Waals surface area contributed by atoms with Crippen molar-refractivity contribution in [2.24, 2.45) is 5.92 Å². The number of rotatable bonds is 2. The van der Waals surface area contributed by atoms with Gasteiger partial charge in [0.1, 0.15) is 0 Å². The molecule has 1 saturated carbocycles. The molecule has 0 radical (unpaired) electrons. The van der Waals surface area contributed by atoms with E-state index in [2.05, 4.69) is 17.1 Å². The van der Waals surface area contributed by atoms with Crippen molar-refractivity contribution in [2.45, 2.75) is 38.1 Å². The molecule has 1 N–H and O–H groups in total. The topological polar surface area (TPSA) is 53.2 Å². The number of amides is 1. The summed E-state index contributed by atoms with van der Waals surface area (Å²) in [6, 6.07) is 13.6. The molecule has 2 heterocycles. The van der Waals surface area contributed by atoms with Gasteiger partial charge in [0.25, 0.3) is 5.91 Å². The molecule has 1 aliphatic carbocycles. The quantitative estimate of drug-likeness (QED) is 0.923. The van der Waals surface area contributed by atoms with Gasteiger partial charge >= 0.3 is 0 Å². The number of aromatic nitrogens is 1. The number of H-pyrrole nitrogens is 1. The van der Waals surface area contributed by atoms with Gasteiger partial charge in [-0.15, -0.1) is 0 Å². The van der Waals surface area contributed by atoms with Crippen molar-refractivity contribution < 1.29 is 4.79 Å². The molecule has 4 heteroatoms. The molecule has 4 rings (SSSR count). The first-order chi connectivity index (χ1) is 11.6. The second kappa shape index (κ2) is 5.62. The lowest BCUT2D eigenvalue weighted by atomic mass is 9.61. The van der Waals surface area contributed by atoms with Crippen molar-refractivity contribution in [1.82, 2.24) is 9.88 Å². The molecule has 2 aliphatic rings. The average Bonchev–Trinajstić information content (AvgIpc) is 2.56. The minimum absolute atomic E-state index is 0.0220. The molecule has 0 bridgehead atoms. The first kappa shape index (κ1) is 15.2. The molecule has 2 atom stereocenters. The van der Waals surface area contributed by atoms with E-state index in [4.69, 9.17) is 0 Å². The third-order valence-corrected chi connectivity index (χ3v) is 5.67. The predicted molar refractivity (Wildman–Crippen MR) is 92.9 cm³/mol. The van der Waals surface area contributed by atoms with Gasteiger partial charge in [0.15, 0.2) is 0 Å². The minimum Gasteiger partial charge on any atom is -0.328 e. The van der Waals surface area contributed by atoms with Crippen LogP contribution in [-0.4, -0.2) is 22.3 Å². The standard InChI is InChI=1S/C20H22N2O2/c1-14-11-15(12-18(23)21-14)19(24)22-13-17-9-5-6-10-20(17,22)16-7-3-2-4-8-16/h2-4,7-8,11-12,17H,5-6,9-10,13H2,1H3,(H,21,23). The molecule has 4 nitrogen and oxygen atoms in total. The van der Waals surface area contributed by atoms with E-state index < -0.39 is 0 Å². The highest BCUT2D eigenvalue weighted by molar-refractivity contribution is 5.95. The number of carbonyl (C=O) groups excluding carboxylic acids is 1. The summed E-state index contributed by atoms with van der Waals surface area (Å²) in [6.45, 7) is 2.60. The van der Waals surface area contributed by atoms with Crippen molar-refractivity contribution in [3.8, 4) is 0 Å². The van der Waals surface area contributed by atoms with E-state index in [0.717, 1.165) is 25.1 Å². The van der Waals surface area contributed by atoms with Crippen LogP contribution >= 0.6 is 0 Å². The summed E-state index contributed by atoms with van der Waals surface area (Å²) >= 11 is 0. The number of fused-ring (bicyclic) bond motifs is 1. The SMILES string of the molecule is Cc1cc(C(=O)N2CC3CCCCC32c2ccccc2)cc(=O)[nH]1. The van der Waals surface area contributed by atoms with Crippen LogP contribution in [0.15, 0.2) is 47.3 Å². The molecule has 0 spiro atoms. The van der Waals surface area contributed by atoms with Crippen LogP contribution in [0.2, 0.25) is 0 Å². The molecular formula is C20H22N2O2. The molecule has 2 aromatic rings. The summed E-state index contributed by atoms with van der Waals surface area (Å²) in [5.74, 6) is 0.506. The molecule has 1 amide bonds. The van der Waals surface area contributed by atoms with E-state index in [9.17, 15) is 9.59 Å². The van der Waals surface area contributed by atoms with Gasteiger partial charge in [-0.2, -0.15) is 0 Å². The fraction of sp³-hybridized carbons (Fsp3) is 0.400. The Labute approximate surface area is 141 Å². The second-order valence-corrected chi connectivity index (χ2v) is 7.07. The van der Waals surface area contributed by atoms with Gasteiger partial charge in [-0.3, -0.25) is 9.59 Å². The summed E-state index contributed by atoms with van der Waals surface area (Å²) in [5.41, 5.74) is 2.05. The van der Waals surface area contributed by atoms with E-state index in [1.165, 1.54) is 24.5 Å². The van der Waals surface area contributed by atoms with Crippen molar-refractivity contribution in [3.63, 3.8) is 0 Å². The Bertz CT molecular complexity index is 827. The largest absolute Gasteiger partial charge is 0.328 e. The molecule has 1 saturated heterocycles. The molecule has 1 aliphatic heterocycles.